The third-order valence-corrected chi connectivity index (χ3v) is 1.44. The number of rotatable bonds is 1. The highest BCUT2D eigenvalue weighted by Gasteiger charge is 1.96. The fourth-order valence-corrected chi connectivity index (χ4v) is 0.875. The number of carboxylic acids is 1. The number of nitrogen functional groups attached to an aromatic ring is 1. The van der Waals surface area contributed by atoms with E-state index in [2.05, 4.69) is 0 Å². The fraction of sp³-hybridized carbons (Fsp3) is 0.200. The van der Waals surface area contributed by atoms with Crippen LogP contribution in [0, 0.1) is 12.3 Å². The van der Waals surface area contributed by atoms with Gasteiger partial charge < -0.3 is 10.8 Å². The van der Waals surface area contributed by atoms with Crippen molar-refractivity contribution >= 4 is 11.8 Å². The van der Waals surface area contributed by atoms with E-state index in [1.54, 1.807) is 0 Å². The minimum atomic E-state index is -0.833. The molecule has 0 aliphatic rings. The Morgan fingerprint density at radius 2 is 1.86 bits per heavy atom. The molecular formula is C10H14N2O2. The van der Waals surface area contributed by atoms with E-state index < -0.39 is 5.97 Å². The van der Waals surface area contributed by atoms with Crippen LogP contribution in [0.2, 0.25) is 0 Å². The molecule has 0 bridgehead atoms. The number of hydrogen-bond acceptors (Lipinski definition) is 2. The quantitative estimate of drug-likeness (QED) is 0.466. The molecule has 4 heteroatoms. The Morgan fingerprint density at radius 3 is 2.14 bits per heavy atom. The Balaban J connectivity index is 0.000000364. The lowest BCUT2D eigenvalue weighted by Crippen LogP contribution is -2.12. The molecule has 0 aromatic heterocycles. The lowest BCUT2D eigenvalue weighted by molar-refractivity contribution is -0.134. The largest absolute Gasteiger partial charge is 0.481 e. The van der Waals surface area contributed by atoms with Gasteiger partial charge in [-0.05, 0) is 12.5 Å². The molecule has 0 radical (unpaired) electrons. The van der Waals surface area contributed by atoms with E-state index in [0.29, 0.717) is 0 Å². The van der Waals surface area contributed by atoms with Gasteiger partial charge in [-0.25, -0.2) is 0 Å². The molecular weight excluding hydrogens is 180 g/mol. The van der Waals surface area contributed by atoms with E-state index in [4.69, 9.17) is 21.0 Å². The van der Waals surface area contributed by atoms with Gasteiger partial charge in [0, 0.05) is 12.5 Å². The van der Waals surface area contributed by atoms with Crippen LogP contribution < -0.4 is 5.73 Å². The number of carbonyl (C=O) groups is 1. The summed E-state index contributed by atoms with van der Waals surface area (Å²) in [6, 6.07) is 7.60. The van der Waals surface area contributed by atoms with Gasteiger partial charge in [-0.1, -0.05) is 24.3 Å². The zero-order valence-corrected chi connectivity index (χ0v) is 8.24. The molecule has 0 heterocycles. The molecule has 4 N–H and O–H groups in total. The van der Waals surface area contributed by atoms with Crippen molar-refractivity contribution in [2.45, 2.75) is 13.8 Å². The molecule has 1 rings (SSSR count). The Labute approximate surface area is 82.9 Å². The molecule has 1 aromatic carbocycles. The van der Waals surface area contributed by atoms with Gasteiger partial charge >= 0.3 is 0 Å². The molecule has 0 fully saturated rings. The highest BCUT2D eigenvalue weighted by molar-refractivity contribution is 5.96. The summed E-state index contributed by atoms with van der Waals surface area (Å²) >= 11 is 0. The van der Waals surface area contributed by atoms with Crippen LogP contribution in [0.15, 0.2) is 24.3 Å². The summed E-state index contributed by atoms with van der Waals surface area (Å²) in [5, 5.41) is 14.6. The van der Waals surface area contributed by atoms with Crippen molar-refractivity contribution in [1.29, 1.82) is 5.41 Å². The third kappa shape index (κ3) is 4.92. The smallest absolute Gasteiger partial charge is 0.300 e. The summed E-state index contributed by atoms with van der Waals surface area (Å²) in [5.74, 6) is -0.696. The summed E-state index contributed by atoms with van der Waals surface area (Å²) in [7, 11) is 0. The van der Waals surface area contributed by atoms with Gasteiger partial charge in [-0.3, -0.25) is 10.2 Å². The predicted octanol–water partition coefficient (Wildman–Crippen LogP) is 1.37. The summed E-state index contributed by atoms with van der Waals surface area (Å²) < 4.78 is 0. The highest BCUT2D eigenvalue weighted by Crippen LogP contribution is 2.04. The lowest BCUT2D eigenvalue weighted by Gasteiger charge is -2.00. The maximum absolute atomic E-state index is 9.00. The van der Waals surface area contributed by atoms with Gasteiger partial charge in [0.2, 0.25) is 0 Å². The van der Waals surface area contributed by atoms with E-state index in [1.807, 2.05) is 31.2 Å². The van der Waals surface area contributed by atoms with Gasteiger partial charge in [0.1, 0.15) is 5.84 Å². The minimum Gasteiger partial charge on any atom is -0.481 e. The van der Waals surface area contributed by atoms with Gasteiger partial charge in [-0.15, -0.1) is 0 Å². The average Bonchev–Trinajstić information content (AvgIpc) is 2.03. The average molecular weight is 194 g/mol. The summed E-state index contributed by atoms with van der Waals surface area (Å²) in [6.07, 6.45) is 0. The molecule has 0 atom stereocenters. The second-order valence-corrected chi connectivity index (χ2v) is 2.75. The highest BCUT2D eigenvalue weighted by atomic mass is 16.4. The van der Waals surface area contributed by atoms with Crippen LogP contribution in [0.4, 0.5) is 0 Å². The predicted molar refractivity (Wildman–Crippen MR) is 55.5 cm³/mol. The number of hydrogen-bond donors (Lipinski definition) is 3. The summed E-state index contributed by atoms with van der Waals surface area (Å²) in [5.41, 5.74) is 7.17. The molecule has 0 unspecified atom stereocenters. The van der Waals surface area contributed by atoms with Gasteiger partial charge in [0.15, 0.2) is 0 Å². The van der Waals surface area contributed by atoms with E-state index in [1.165, 1.54) is 0 Å². The maximum atomic E-state index is 9.00. The van der Waals surface area contributed by atoms with Crippen LogP contribution in [-0.4, -0.2) is 16.9 Å². The van der Waals surface area contributed by atoms with E-state index >= 15 is 0 Å². The number of aliphatic carboxylic acids is 1. The van der Waals surface area contributed by atoms with Crippen molar-refractivity contribution in [2.75, 3.05) is 0 Å². The first kappa shape index (κ1) is 12.2. The maximum Gasteiger partial charge on any atom is 0.300 e. The zero-order chi connectivity index (χ0) is 11.1. The molecule has 14 heavy (non-hydrogen) atoms. The number of amidine groups is 1. The van der Waals surface area contributed by atoms with Crippen LogP contribution in [0.5, 0.6) is 0 Å². The lowest BCUT2D eigenvalue weighted by atomic mass is 10.1. The molecule has 0 aliphatic heterocycles. The van der Waals surface area contributed by atoms with E-state index in [9.17, 15) is 0 Å². The zero-order valence-electron chi connectivity index (χ0n) is 8.24. The monoisotopic (exact) mass is 194 g/mol. The van der Waals surface area contributed by atoms with Gasteiger partial charge in [-0.2, -0.15) is 0 Å². The first-order valence-corrected chi connectivity index (χ1v) is 4.04. The molecule has 0 saturated heterocycles. The van der Waals surface area contributed by atoms with Crippen molar-refractivity contribution in [1.82, 2.24) is 0 Å². The number of nitrogens with two attached hydrogens (primary N) is 1. The number of aryl methyl sites for hydroxylation is 1. The van der Waals surface area contributed by atoms with Crippen molar-refractivity contribution in [3.63, 3.8) is 0 Å². The van der Waals surface area contributed by atoms with Crippen LogP contribution in [0.25, 0.3) is 0 Å². The molecule has 0 saturated carbocycles. The molecule has 0 spiro atoms. The van der Waals surface area contributed by atoms with Crippen molar-refractivity contribution in [3.8, 4) is 0 Å². The van der Waals surface area contributed by atoms with Crippen molar-refractivity contribution in [2.24, 2.45) is 5.73 Å². The van der Waals surface area contributed by atoms with E-state index in [0.717, 1.165) is 18.1 Å². The number of nitrogens with one attached hydrogen (secondary N) is 1. The topological polar surface area (TPSA) is 87.2 Å². The Morgan fingerprint density at radius 1 is 1.43 bits per heavy atom. The van der Waals surface area contributed by atoms with Crippen LogP contribution in [-0.2, 0) is 4.79 Å². The Hall–Kier alpha value is -1.84. The Kier molecular flexibility index (Phi) is 4.99. The molecule has 1 aromatic rings. The van der Waals surface area contributed by atoms with Crippen LogP contribution in [0.3, 0.4) is 0 Å². The molecule has 4 nitrogen and oxygen atoms in total. The first-order chi connectivity index (χ1) is 6.45. The van der Waals surface area contributed by atoms with Gasteiger partial charge in [0.05, 0.1) is 0 Å². The van der Waals surface area contributed by atoms with Crippen LogP contribution >= 0.6 is 0 Å². The summed E-state index contributed by atoms with van der Waals surface area (Å²) in [6.45, 7) is 3.02. The SMILES string of the molecule is CC(=O)O.Cc1ccccc1C(=N)N. The van der Waals surface area contributed by atoms with Crippen molar-refractivity contribution < 1.29 is 9.90 Å². The second-order valence-electron chi connectivity index (χ2n) is 2.75. The third-order valence-electron chi connectivity index (χ3n) is 1.44. The number of carboxylic acid groups (broad SMARTS) is 1. The standard InChI is InChI=1S/C8H10N2.C2H4O2/c1-6-4-2-3-5-7(6)8(9)10;1-2(3)4/h2-5H,1H3,(H3,9,10);1H3,(H,3,4). The van der Waals surface area contributed by atoms with E-state index in [-0.39, 0.29) is 5.84 Å². The molecule has 76 valence electrons. The normalized spacial score (nSPS) is 8.43. The number of benzene rings is 1. The summed E-state index contributed by atoms with van der Waals surface area (Å²) in [4.78, 5) is 9.00. The first-order valence-electron chi connectivity index (χ1n) is 4.04. The van der Waals surface area contributed by atoms with Crippen LogP contribution in [0.1, 0.15) is 18.1 Å². The fourth-order valence-electron chi connectivity index (χ4n) is 0.875. The minimum absolute atomic E-state index is 0.137. The molecule has 0 amide bonds. The van der Waals surface area contributed by atoms with Crippen molar-refractivity contribution in [3.05, 3.63) is 35.4 Å². The Bertz CT molecular complexity index is 331. The molecule has 0 aliphatic carbocycles. The second kappa shape index (κ2) is 5.75. The van der Waals surface area contributed by atoms with Gasteiger partial charge in [0.25, 0.3) is 5.97 Å².